The van der Waals surface area contributed by atoms with Gasteiger partial charge in [-0.15, -0.1) is 0 Å². The van der Waals surface area contributed by atoms with E-state index < -0.39 is 0 Å². The molecule has 1 unspecified atom stereocenters. The van der Waals surface area contributed by atoms with Crippen molar-refractivity contribution in [3.8, 4) is 0 Å². The van der Waals surface area contributed by atoms with Crippen LogP contribution >= 0.6 is 0 Å². The van der Waals surface area contributed by atoms with Crippen molar-refractivity contribution >= 4 is 17.7 Å². The second-order valence-electron chi connectivity index (χ2n) is 4.12. The van der Waals surface area contributed by atoms with Gasteiger partial charge in [0.15, 0.2) is 0 Å². The molecule has 6 nitrogen and oxygen atoms in total. The average Bonchev–Trinajstić information content (AvgIpc) is 2.77. The molecule has 0 radical (unpaired) electrons. The predicted octanol–water partition coefficient (Wildman–Crippen LogP) is 0.233. The van der Waals surface area contributed by atoms with E-state index in [0.717, 1.165) is 25.3 Å². The van der Waals surface area contributed by atoms with Gasteiger partial charge in [0, 0.05) is 39.3 Å². The van der Waals surface area contributed by atoms with Gasteiger partial charge in [0.2, 0.25) is 11.9 Å². The Kier molecular flexibility index (Phi) is 3.41. The third-order valence-electron chi connectivity index (χ3n) is 2.78. The highest BCUT2D eigenvalue weighted by atomic mass is 16.1. The van der Waals surface area contributed by atoms with Gasteiger partial charge in [-0.05, 0) is 12.5 Å². The SMILES string of the molecule is CNc1nccc(N2CCC(NC(C)=O)C2)n1. The Hall–Kier alpha value is -1.85. The van der Waals surface area contributed by atoms with E-state index in [2.05, 4.69) is 25.5 Å². The number of hydrogen-bond acceptors (Lipinski definition) is 5. The van der Waals surface area contributed by atoms with Gasteiger partial charge in [-0.25, -0.2) is 4.98 Å². The normalized spacial score (nSPS) is 19.2. The highest BCUT2D eigenvalue weighted by Crippen LogP contribution is 2.18. The first-order valence-corrected chi connectivity index (χ1v) is 5.72. The standard InChI is InChI=1S/C11H17N5O/c1-8(17)14-9-4-6-16(7-9)10-3-5-13-11(12-2)15-10/h3,5,9H,4,6-7H2,1-2H3,(H,14,17)(H,12,13,15). The minimum absolute atomic E-state index is 0.0236. The van der Waals surface area contributed by atoms with Crippen molar-refractivity contribution in [1.29, 1.82) is 0 Å². The lowest BCUT2D eigenvalue weighted by Crippen LogP contribution is -2.35. The zero-order valence-electron chi connectivity index (χ0n) is 10.1. The Labute approximate surface area is 100 Å². The molecule has 1 aromatic rings. The fourth-order valence-electron chi connectivity index (χ4n) is 2.02. The molecular formula is C11H17N5O. The summed E-state index contributed by atoms with van der Waals surface area (Å²) < 4.78 is 0. The number of aromatic nitrogens is 2. The predicted molar refractivity (Wildman–Crippen MR) is 66.0 cm³/mol. The van der Waals surface area contributed by atoms with Gasteiger partial charge in [-0.1, -0.05) is 0 Å². The Balaban J connectivity index is 2.01. The molecule has 1 saturated heterocycles. The minimum Gasteiger partial charge on any atom is -0.357 e. The number of carbonyl (C=O) groups excluding carboxylic acids is 1. The highest BCUT2D eigenvalue weighted by molar-refractivity contribution is 5.73. The average molecular weight is 235 g/mol. The zero-order valence-corrected chi connectivity index (χ0v) is 10.1. The van der Waals surface area contributed by atoms with Crippen molar-refractivity contribution in [1.82, 2.24) is 15.3 Å². The maximum atomic E-state index is 11.0. The van der Waals surface area contributed by atoms with E-state index in [4.69, 9.17) is 0 Å². The fourth-order valence-corrected chi connectivity index (χ4v) is 2.02. The first kappa shape index (κ1) is 11.6. The fraction of sp³-hybridized carbons (Fsp3) is 0.545. The molecule has 6 heteroatoms. The summed E-state index contributed by atoms with van der Waals surface area (Å²) in [4.78, 5) is 21.6. The molecule has 0 spiro atoms. The lowest BCUT2D eigenvalue weighted by molar-refractivity contribution is -0.119. The van der Waals surface area contributed by atoms with Crippen LogP contribution < -0.4 is 15.5 Å². The maximum Gasteiger partial charge on any atom is 0.224 e. The molecule has 2 rings (SSSR count). The summed E-state index contributed by atoms with van der Waals surface area (Å²) in [6, 6.07) is 2.11. The molecule has 1 amide bonds. The number of anilines is 2. The van der Waals surface area contributed by atoms with Crippen LogP contribution in [0.4, 0.5) is 11.8 Å². The second kappa shape index (κ2) is 4.99. The minimum atomic E-state index is 0.0236. The highest BCUT2D eigenvalue weighted by Gasteiger charge is 2.24. The lowest BCUT2D eigenvalue weighted by atomic mass is 10.3. The first-order valence-electron chi connectivity index (χ1n) is 5.72. The number of rotatable bonds is 3. The summed E-state index contributed by atoms with van der Waals surface area (Å²) in [6.07, 6.45) is 2.69. The van der Waals surface area contributed by atoms with E-state index >= 15 is 0 Å². The molecule has 1 atom stereocenters. The summed E-state index contributed by atoms with van der Waals surface area (Å²) >= 11 is 0. The van der Waals surface area contributed by atoms with Gasteiger partial charge in [0.25, 0.3) is 0 Å². The van der Waals surface area contributed by atoms with Gasteiger partial charge < -0.3 is 15.5 Å². The van der Waals surface area contributed by atoms with Crippen LogP contribution in [0, 0.1) is 0 Å². The molecule has 1 aliphatic heterocycles. The van der Waals surface area contributed by atoms with E-state index in [1.807, 2.05) is 6.07 Å². The lowest BCUT2D eigenvalue weighted by Gasteiger charge is -2.17. The summed E-state index contributed by atoms with van der Waals surface area (Å²) in [6.45, 7) is 3.26. The van der Waals surface area contributed by atoms with Gasteiger partial charge >= 0.3 is 0 Å². The Bertz CT molecular complexity index is 409. The van der Waals surface area contributed by atoms with Crippen molar-refractivity contribution < 1.29 is 4.79 Å². The molecule has 0 bridgehead atoms. The molecule has 0 aromatic carbocycles. The molecule has 17 heavy (non-hydrogen) atoms. The van der Waals surface area contributed by atoms with Crippen LogP contribution in [0.3, 0.4) is 0 Å². The van der Waals surface area contributed by atoms with Gasteiger partial charge in [0.1, 0.15) is 5.82 Å². The van der Waals surface area contributed by atoms with E-state index in [9.17, 15) is 4.79 Å². The van der Waals surface area contributed by atoms with E-state index in [0.29, 0.717) is 5.95 Å². The Morgan fingerprint density at radius 1 is 1.59 bits per heavy atom. The molecule has 1 aliphatic rings. The number of hydrogen-bond donors (Lipinski definition) is 2. The van der Waals surface area contributed by atoms with Crippen molar-refractivity contribution in [2.24, 2.45) is 0 Å². The smallest absolute Gasteiger partial charge is 0.224 e. The molecule has 2 heterocycles. The van der Waals surface area contributed by atoms with E-state index in [1.54, 1.807) is 20.2 Å². The third-order valence-corrected chi connectivity index (χ3v) is 2.78. The summed E-state index contributed by atoms with van der Waals surface area (Å²) in [5, 5.41) is 5.85. The van der Waals surface area contributed by atoms with Crippen molar-refractivity contribution in [2.75, 3.05) is 30.4 Å². The molecular weight excluding hydrogens is 218 g/mol. The molecule has 0 saturated carbocycles. The summed E-state index contributed by atoms with van der Waals surface area (Å²) in [7, 11) is 1.79. The van der Waals surface area contributed by atoms with Gasteiger partial charge in [-0.2, -0.15) is 4.98 Å². The molecule has 0 aliphatic carbocycles. The second-order valence-corrected chi connectivity index (χ2v) is 4.12. The third kappa shape index (κ3) is 2.83. The van der Waals surface area contributed by atoms with Gasteiger partial charge in [0.05, 0.1) is 0 Å². The number of nitrogens with zero attached hydrogens (tertiary/aromatic N) is 3. The Morgan fingerprint density at radius 3 is 3.12 bits per heavy atom. The molecule has 92 valence electrons. The van der Waals surface area contributed by atoms with Crippen LogP contribution in [0.25, 0.3) is 0 Å². The summed E-state index contributed by atoms with van der Waals surface area (Å²) in [5.41, 5.74) is 0. The summed E-state index contributed by atoms with van der Waals surface area (Å²) in [5.74, 6) is 1.54. The van der Waals surface area contributed by atoms with Crippen molar-refractivity contribution in [3.63, 3.8) is 0 Å². The van der Waals surface area contributed by atoms with Crippen LogP contribution in [-0.4, -0.2) is 42.1 Å². The maximum absolute atomic E-state index is 11.0. The van der Waals surface area contributed by atoms with Crippen LogP contribution in [-0.2, 0) is 4.79 Å². The monoisotopic (exact) mass is 235 g/mol. The largest absolute Gasteiger partial charge is 0.357 e. The zero-order chi connectivity index (χ0) is 12.3. The first-order chi connectivity index (χ1) is 8.19. The molecule has 1 fully saturated rings. The van der Waals surface area contributed by atoms with Crippen LogP contribution in [0.5, 0.6) is 0 Å². The van der Waals surface area contributed by atoms with Crippen molar-refractivity contribution in [3.05, 3.63) is 12.3 Å². The topological polar surface area (TPSA) is 70.2 Å². The number of carbonyl (C=O) groups is 1. The van der Waals surface area contributed by atoms with Crippen LogP contribution in [0.2, 0.25) is 0 Å². The molecule has 2 N–H and O–H groups in total. The molecule has 1 aromatic heterocycles. The van der Waals surface area contributed by atoms with Crippen molar-refractivity contribution in [2.45, 2.75) is 19.4 Å². The number of nitrogens with one attached hydrogen (secondary N) is 2. The van der Waals surface area contributed by atoms with E-state index in [1.165, 1.54) is 0 Å². The Morgan fingerprint density at radius 2 is 2.41 bits per heavy atom. The van der Waals surface area contributed by atoms with E-state index in [-0.39, 0.29) is 11.9 Å². The van der Waals surface area contributed by atoms with Gasteiger partial charge in [-0.3, -0.25) is 4.79 Å². The number of amides is 1. The quantitative estimate of drug-likeness (QED) is 0.785. The van der Waals surface area contributed by atoms with Crippen LogP contribution in [0.1, 0.15) is 13.3 Å². The van der Waals surface area contributed by atoms with Crippen LogP contribution in [0.15, 0.2) is 12.3 Å².